The molecular weight excluding hydrogens is 320 g/mol. The lowest BCUT2D eigenvalue weighted by atomic mass is 10.2. The Morgan fingerprint density at radius 3 is 2.74 bits per heavy atom. The number of nitro benzene ring substituents is 1. The molecule has 0 aromatic heterocycles. The van der Waals surface area contributed by atoms with E-state index in [-0.39, 0.29) is 18.0 Å². The van der Waals surface area contributed by atoms with Gasteiger partial charge in [-0.2, -0.15) is 0 Å². The lowest BCUT2D eigenvalue weighted by Gasteiger charge is -2.13. The Morgan fingerprint density at radius 2 is 2.21 bits per heavy atom. The van der Waals surface area contributed by atoms with Crippen molar-refractivity contribution < 1.29 is 19.2 Å². The van der Waals surface area contributed by atoms with Crippen LogP contribution in [0.25, 0.3) is 0 Å². The first-order chi connectivity index (χ1) is 8.86. The molecule has 0 aliphatic heterocycles. The highest BCUT2D eigenvalue weighted by atomic mass is 79.9. The van der Waals surface area contributed by atoms with E-state index in [0.717, 1.165) is 0 Å². The number of methoxy groups -OCH3 is 1. The van der Waals surface area contributed by atoms with Gasteiger partial charge in [0.1, 0.15) is 12.6 Å². The molecule has 0 saturated carbocycles. The molecule has 0 amide bonds. The Labute approximate surface area is 118 Å². The Morgan fingerprint density at radius 1 is 1.58 bits per heavy atom. The van der Waals surface area contributed by atoms with Crippen LogP contribution in [0.15, 0.2) is 16.6 Å². The van der Waals surface area contributed by atoms with E-state index < -0.39 is 16.9 Å². The van der Waals surface area contributed by atoms with E-state index in [1.54, 1.807) is 13.0 Å². The van der Waals surface area contributed by atoms with Crippen LogP contribution in [0, 0.1) is 17.0 Å². The van der Waals surface area contributed by atoms with E-state index in [1.807, 2.05) is 0 Å². The summed E-state index contributed by atoms with van der Waals surface area (Å²) in [4.78, 5) is 21.5. The first-order valence-electron chi connectivity index (χ1n) is 5.27. The quantitative estimate of drug-likeness (QED) is 0.498. The fourth-order valence-corrected chi connectivity index (χ4v) is 1.99. The highest BCUT2D eigenvalue weighted by Crippen LogP contribution is 2.34. The van der Waals surface area contributed by atoms with Crippen molar-refractivity contribution in [3.8, 4) is 5.75 Å². The largest absolute Gasteiger partial charge is 0.484 e. The van der Waals surface area contributed by atoms with Crippen molar-refractivity contribution in [3.05, 3.63) is 32.3 Å². The SMILES string of the molecule is COC(=O)C(N)COc1c(C)cc(Br)cc1[N+](=O)[O-]. The molecule has 0 aliphatic carbocycles. The number of carbonyl (C=O) groups excluding carboxylic acids is 1. The van der Waals surface area contributed by atoms with Gasteiger partial charge in [0, 0.05) is 10.5 Å². The number of esters is 1. The normalized spacial score (nSPS) is 11.8. The molecule has 0 saturated heterocycles. The topological polar surface area (TPSA) is 105 Å². The number of carbonyl (C=O) groups is 1. The van der Waals surface area contributed by atoms with Gasteiger partial charge in [-0.15, -0.1) is 0 Å². The summed E-state index contributed by atoms with van der Waals surface area (Å²) in [5.41, 5.74) is 5.88. The van der Waals surface area contributed by atoms with Crippen LogP contribution in [0.5, 0.6) is 5.75 Å². The second-order valence-corrected chi connectivity index (χ2v) is 4.68. The van der Waals surface area contributed by atoms with Crippen molar-refractivity contribution >= 4 is 27.6 Å². The van der Waals surface area contributed by atoms with Crippen LogP contribution in [0.2, 0.25) is 0 Å². The number of hydrogen-bond acceptors (Lipinski definition) is 6. The molecule has 7 nitrogen and oxygen atoms in total. The number of nitrogens with zero attached hydrogens (tertiary/aromatic N) is 1. The molecule has 104 valence electrons. The van der Waals surface area contributed by atoms with E-state index in [2.05, 4.69) is 20.7 Å². The molecule has 19 heavy (non-hydrogen) atoms. The minimum absolute atomic E-state index is 0.0903. The summed E-state index contributed by atoms with van der Waals surface area (Å²) in [5.74, 6) is -0.551. The molecule has 1 unspecified atom stereocenters. The van der Waals surface area contributed by atoms with Crippen LogP contribution in [0.4, 0.5) is 5.69 Å². The number of nitrogens with two attached hydrogens (primary N) is 1. The number of hydrogen-bond donors (Lipinski definition) is 1. The highest BCUT2D eigenvalue weighted by molar-refractivity contribution is 9.10. The standard InChI is InChI=1S/C11H13BrN2O5/c1-6-3-7(12)4-9(14(16)17)10(6)19-5-8(13)11(15)18-2/h3-4,8H,5,13H2,1-2H3. The number of nitro groups is 1. The first kappa shape index (κ1) is 15.4. The molecule has 0 heterocycles. The van der Waals surface area contributed by atoms with Crippen LogP contribution in [-0.2, 0) is 9.53 Å². The van der Waals surface area contributed by atoms with Gasteiger partial charge in [0.25, 0.3) is 0 Å². The van der Waals surface area contributed by atoms with Gasteiger partial charge in [-0.3, -0.25) is 14.9 Å². The third-order valence-electron chi connectivity index (χ3n) is 2.33. The summed E-state index contributed by atoms with van der Waals surface area (Å²) in [6, 6.07) is 2.01. The van der Waals surface area contributed by atoms with Crippen LogP contribution in [0.3, 0.4) is 0 Å². The zero-order chi connectivity index (χ0) is 14.6. The average Bonchev–Trinajstić information content (AvgIpc) is 2.35. The van der Waals surface area contributed by atoms with Crippen molar-refractivity contribution in [3.63, 3.8) is 0 Å². The third kappa shape index (κ3) is 3.90. The molecule has 2 N–H and O–H groups in total. The van der Waals surface area contributed by atoms with E-state index in [1.165, 1.54) is 13.2 Å². The lowest BCUT2D eigenvalue weighted by Crippen LogP contribution is -2.37. The summed E-state index contributed by atoms with van der Waals surface area (Å²) in [6.45, 7) is 1.47. The Hall–Kier alpha value is -1.67. The third-order valence-corrected chi connectivity index (χ3v) is 2.79. The van der Waals surface area contributed by atoms with Gasteiger partial charge in [-0.05, 0) is 18.6 Å². The number of aryl methyl sites for hydroxylation is 1. The molecule has 0 fully saturated rings. The monoisotopic (exact) mass is 332 g/mol. The summed E-state index contributed by atoms with van der Waals surface area (Å²) < 4.78 is 10.3. The molecule has 8 heteroatoms. The number of ether oxygens (including phenoxy) is 2. The van der Waals surface area contributed by atoms with Gasteiger partial charge < -0.3 is 15.2 Å². The molecule has 1 aromatic rings. The second-order valence-electron chi connectivity index (χ2n) is 3.77. The van der Waals surface area contributed by atoms with Gasteiger partial charge in [0.15, 0.2) is 5.75 Å². The Balaban J connectivity index is 2.94. The van der Waals surface area contributed by atoms with Crippen molar-refractivity contribution in [2.75, 3.05) is 13.7 Å². The molecule has 1 rings (SSSR count). The molecule has 1 atom stereocenters. The van der Waals surface area contributed by atoms with Gasteiger partial charge >= 0.3 is 11.7 Å². The van der Waals surface area contributed by atoms with Crippen molar-refractivity contribution in [2.45, 2.75) is 13.0 Å². The van der Waals surface area contributed by atoms with Gasteiger partial charge in [0.05, 0.1) is 12.0 Å². The Kier molecular flexibility index (Phi) is 5.25. The molecule has 1 aromatic carbocycles. The van der Waals surface area contributed by atoms with Crippen molar-refractivity contribution in [2.24, 2.45) is 5.73 Å². The van der Waals surface area contributed by atoms with E-state index in [4.69, 9.17) is 10.5 Å². The number of rotatable bonds is 5. The number of halogens is 1. The maximum Gasteiger partial charge on any atom is 0.326 e. The summed E-state index contributed by atoms with van der Waals surface area (Å²) in [5, 5.41) is 10.9. The summed E-state index contributed by atoms with van der Waals surface area (Å²) >= 11 is 3.17. The van der Waals surface area contributed by atoms with Crippen molar-refractivity contribution in [1.82, 2.24) is 0 Å². The number of benzene rings is 1. The maximum atomic E-state index is 11.1. The van der Waals surface area contributed by atoms with Gasteiger partial charge in [-0.1, -0.05) is 15.9 Å². The van der Waals surface area contributed by atoms with Gasteiger partial charge in [0.2, 0.25) is 0 Å². The molecule has 0 aliphatic rings. The maximum absolute atomic E-state index is 11.1. The van der Waals surface area contributed by atoms with Crippen molar-refractivity contribution in [1.29, 1.82) is 0 Å². The predicted octanol–water partition coefficient (Wildman–Crippen LogP) is 1.54. The zero-order valence-corrected chi connectivity index (χ0v) is 12.0. The minimum Gasteiger partial charge on any atom is -0.484 e. The fraction of sp³-hybridized carbons (Fsp3) is 0.364. The fourth-order valence-electron chi connectivity index (χ4n) is 1.43. The Bertz CT molecular complexity index is 506. The highest BCUT2D eigenvalue weighted by Gasteiger charge is 2.21. The van der Waals surface area contributed by atoms with Crippen LogP contribution in [0.1, 0.15) is 5.56 Å². The van der Waals surface area contributed by atoms with Crippen LogP contribution >= 0.6 is 15.9 Å². The first-order valence-corrected chi connectivity index (χ1v) is 6.06. The molecule has 0 radical (unpaired) electrons. The predicted molar refractivity (Wildman–Crippen MR) is 71.0 cm³/mol. The second kappa shape index (κ2) is 6.48. The van der Waals surface area contributed by atoms with Crippen LogP contribution in [-0.4, -0.2) is 30.7 Å². The van der Waals surface area contributed by atoms with Crippen LogP contribution < -0.4 is 10.5 Å². The minimum atomic E-state index is -0.993. The molecular formula is C11H13BrN2O5. The zero-order valence-electron chi connectivity index (χ0n) is 10.4. The van der Waals surface area contributed by atoms with Gasteiger partial charge in [-0.25, -0.2) is 0 Å². The van der Waals surface area contributed by atoms with E-state index >= 15 is 0 Å². The molecule has 0 bridgehead atoms. The average molecular weight is 333 g/mol. The summed E-state index contributed by atoms with van der Waals surface area (Å²) in [6.07, 6.45) is 0. The summed E-state index contributed by atoms with van der Waals surface area (Å²) in [7, 11) is 1.20. The van der Waals surface area contributed by atoms with E-state index in [0.29, 0.717) is 10.0 Å². The lowest BCUT2D eigenvalue weighted by molar-refractivity contribution is -0.386. The molecule has 0 spiro atoms. The smallest absolute Gasteiger partial charge is 0.326 e. The van der Waals surface area contributed by atoms with E-state index in [9.17, 15) is 14.9 Å².